The Morgan fingerprint density at radius 2 is 1.08 bits per heavy atom. The minimum absolute atomic E-state index is 0.0829. The Morgan fingerprint density at radius 3 is 1.56 bits per heavy atom. The van der Waals surface area contributed by atoms with Gasteiger partial charge in [0.25, 0.3) is 0 Å². The van der Waals surface area contributed by atoms with Gasteiger partial charge in [0.1, 0.15) is 0 Å². The Labute approximate surface area is 223 Å². The van der Waals surface area contributed by atoms with Crippen molar-refractivity contribution in [3.8, 4) is 0 Å². The summed E-state index contributed by atoms with van der Waals surface area (Å²) in [4.78, 5) is 12.2. The van der Waals surface area contributed by atoms with Crippen molar-refractivity contribution < 1.29 is 15.0 Å². The lowest BCUT2D eigenvalue weighted by Crippen LogP contribution is -2.45. The van der Waals surface area contributed by atoms with Gasteiger partial charge < -0.3 is 15.5 Å². The molecular formula is C32H59NO3. The van der Waals surface area contributed by atoms with E-state index in [9.17, 15) is 15.0 Å². The molecule has 0 heterocycles. The van der Waals surface area contributed by atoms with Crippen LogP contribution < -0.4 is 5.32 Å². The van der Waals surface area contributed by atoms with Crippen LogP contribution in [0, 0.1) is 0 Å². The van der Waals surface area contributed by atoms with Gasteiger partial charge in [0.05, 0.1) is 18.8 Å². The normalized spacial score (nSPS) is 13.8. The highest BCUT2D eigenvalue weighted by Gasteiger charge is 2.17. The Kier molecular flexibility index (Phi) is 27.1. The maximum atomic E-state index is 12.2. The molecule has 36 heavy (non-hydrogen) atoms. The van der Waals surface area contributed by atoms with Gasteiger partial charge in [-0.3, -0.25) is 4.79 Å². The van der Waals surface area contributed by atoms with Crippen molar-refractivity contribution in [2.45, 2.75) is 154 Å². The van der Waals surface area contributed by atoms with Crippen molar-refractivity contribution in [2.24, 2.45) is 0 Å². The van der Waals surface area contributed by atoms with Crippen molar-refractivity contribution in [1.82, 2.24) is 5.32 Å². The Hall–Kier alpha value is -1.39. The van der Waals surface area contributed by atoms with Gasteiger partial charge in [0.15, 0.2) is 0 Å². The van der Waals surface area contributed by atoms with Gasteiger partial charge in [-0.15, -0.1) is 0 Å². The summed E-state index contributed by atoms with van der Waals surface area (Å²) in [6.07, 6.45) is 35.0. The van der Waals surface area contributed by atoms with E-state index < -0.39 is 12.1 Å². The van der Waals surface area contributed by atoms with Crippen LogP contribution in [0.15, 0.2) is 36.5 Å². The van der Waals surface area contributed by atoms with Crippen molar-refractivity contribution >= 4 is 5.91 Å². The third kappa shape index (κ3) is 24.3. The number of amides is 1. The molecule has 0 aromatic rings. The van der Waals surface area contributed by atoms with Crippen molar-refractivity contribution in [2.75, 3.05) is 6.61 Å². The zero-order chi connectivity index (χ0) is 26.5. The highest BCUT2D eigenvalue weighted by Crippen LogP contribution is 2.13. The Bertz CT molecular complexity index is 556. The minimum atomic E-state index is -0.863. The van der Waals surface area contributed by atoms with E-state index >= 15 is 0 Å². The highest BCUT2D eigenvalue weighted by atomic mass is 16.3. The van der Waals surface area contributed by atoms with E-state index in [0.717, 1.165) is 44.9 Å². The fourth-order valence-electron chi connectivity index (χ4n) is 4.21. The molecule has 0 aliphatic rings. The van der Waals surface area contributed by atoms with Crippen LogP contribution >= 0.6 is 0 Å². The number of hydrogen-bond donors (Lipinski definition) is 3. The maximum absolute atomic E-state index is 12.2. The highest BCUT2D eigenvalue weighted by molar-refractivity contribution is 5.76. The van der Waals surface area contributed by atoms with Gasteiger partial charge in [-0.05, 0) is 38.5 Å². The fourth-order valence-corrected chi connectivity index (χ4v) is 4.21. The Balaban J connectivity index is 3.74. The first-order valence-corrected chi connectivity index (χ1v) is 15.2. The number of aliphatic hydroxyl groups excluding tert-OH is 2. The third-order valence-electron chi connectivity index (χ3n) is 6.58. The van der Waals surface area contributed by atoms with Crippen LogP contribution in [-0.2, 0) is 4.79 Å². The number of carbonyl (C=O) groups is 1. The van der Waals surface area contributed by atoms with E-state index in [1.165, 1.54) is 77.0 Å². The predicted molar refractivity (Wildman–Crippen MR) is 156 cm³/mol. The summed E-state index contributed by atoms with van der Waals surface area (Å²) < 4.78 is 0. The monoisotopic (exact) mass is 505 g/mol. The second-order valence-electron chi connectivity index (χ2n) is 10.2. The standard InChI is InChI=1S/C32H59NO3/c1-3-5-7-9-11-13-15-16-18-20-22-24-26-28-32(36)33-30(29-34)31(35)27-25-23-21-19-17-14-12-10-8-6-4-2/h8,10,17,19,25,27,30-31,34-35H,3-7,9,11-16,18,20-24,26,28-29H2,1-2H3,(H,33,36)/b10-8+,19-17+,27-25+. The fraction of sp³-hybridized carbons (Fsp3) is 0.781. The summed E-state index contributed by atoms with van der Waals surface area (Å²) in [5, 5.41) is 22.7. The summed E-state index contributed by atoms with van der Waals surface area (Å²) >= 11 is 0. The summed E-state index contributed by atoms with van der Waals surface area (Å²) in [7, 11) is 0. The van der Waals surface area contributed by atoms with Gasteiger partial charge in [-0.1, -0.05) is 134 Å². The van der Waals surface area contributed by atoms with Crippen LogP contribution in [0.2, 0.25) is 0 Å². The summed E-state index contributed by atoms with van der Waals surface area (Å²) in [6.45, 7) is 4.19. The number of hydrogen-bond acceptors (Lipinski definition) is 3. The third-order valence-corrected chi connectivity index (χ3v) is 6.58. The first-order chi connectivity index (χ1) is 17.7. The molecular weight excluding hydrogens is 446 g/mol. The lowest BCUT2D eigenvalue weighted by molar-refractivity contribution is -0.123. The van der Waals surface area contributed by atoms with Crippen LogP contribution in [0.5, 0.6) is 0 Å². The topological polar surface area (TPSA) is 69.6 Å². The number of nitrogens with one attached hydrogen (secondary N) is 1. The largest absolute Gasteiger partial charge is 0.394 e. The molecule has 0 spiro atoms. The first kappa shape index (κ1) is 34.6. The summed E-state index contributed by atoms with van der Waals surface area (Å²) in [5.41, 5.74) is 0. The molecule has 3 N–H and O–H groups in total. The van der Waals surface area contributed by atoms with E-state index in [0.29, 0.717) is 6.42 Å². The van der Waals surface area contributed by atoms with Crippen molar-refractivity contribution in [3.05, 3.63) is 36.5 Å². The van der Waals surface area contributed by atoms with Gasteiger partial charge in [-0.25, -0.2) is 0 Å². The molecule has 0 rings (SSSR count). The lowest BCUT2D eigenvalue weighted by atomic mass is 10.0. The second kappa shape index (κ2) is 28.2. The van der Waals surface area contributed by atoms with E-state index in [1.807, 2.05) is 6.08 Å². The number of rotatable bonds is 26. The zero-order valence-electron chi connectivity index (χ0n) is 23.8. The molecule has 0 aliphatic heterocycles. The molecule has 0 aromatic heterocycles. The van der Waals surface area contributed by atoms with Gasteiger partial charge in [0.2, 0.25) is 5.91 Å². The smallest absolute Gasteiger partial charge is 0.220 e. The number of aliphatic hydroxyl groups is 2. The SMILES string of the molecule is CCC/C=C/CC/C=C/CC/C=C/C(O)C(CO)NC(=O)CCCCCCCCCCCCCCC. The summed E-state index contributed by atoms with van der Waals surface area (Å²) in [5.74, 6) is -0.0829. The number of allylic oxidation sites excluding steroid dienone is 5. The molecule has 210 valence electrons. The van der Waals surface area contributed by atoms with Gasteiger partial charge >= 0.3 is 0 Å². The lowest BCUT2D eigenvalue weighted by Gasteiger charge is -2.19. The van der Waals surface area contributed by atoms with Crippen molar-refractivity contribution in [3.63, 3.8) is 0 Å². The quantitative estimate of drug-likeness (QED) is 0.0817. The first-order valence-electron chi connectivity index (χ1n) is 15.2. The summed E-state index contributed by atoms with van der Waals surface area (Å²) in [6, 6.07) is -0.638. The zero-order valence-corrected chi connectivity index (χ0v) is 23.8. The molecule has 2 unspecified atom stereocenters. The van der Waals surface area contributed by atoms with Crippen LogP contribution in [0.1, 0.15) is 142 Å². The Morgan fingerprint density at radius 1 is 0.639 bits per heavy atom. The second-order valence-corrected chi connectivity index (χ2v) is 10.2. The molecule has 0 bridgehead atoms. The van der Waals surface area contributed by atoms with Gasteiger partial charge in [-0.2, -0.15) is 0 Å². The van der Waals surface area contributed by atoms with E-state index in [-0.39, 0.29) is 12.5 Å². The van der Waals surface area contributed by atoms with Crippen molar-refractivity contribution in [1.29, 1.82) is 0 Å². The molecule has 0 radical (unpaired) electrons. The molecule has 4 heteroatoms. The minimum Gasteiger partial charge on any atom is -0.394 e. The van der Waals surface area contributed by atoms with E-state index in [4.69, 9.17) is 0 Å². The van der Waals surface area contributed by atoms with Crippen LogP contribution in [-0.4, -0.2) is 34.9 Å². The van der Waals surface area contributed by atoms with E-state index in [1.54, 1.807) is 6.08 Å². The van der Waals surface area contributed by atoms with Crippen LogP contribution in [0.3, 0.4) is 0 Å². The number of unbranched alkanes of at least 4 members (excludes halogenated alkanes) is 15. The average molecular weight is 506 g/mol. The molecule has 2 atom stereocenters. The molecule has 0 aliphatic carbocycles. The maximum Gasteiger partial charge on any atom is 0.220 e. The molecule has 1 amide bonds. The molecule has 0 saturated heterocycles. The number of carbonyl (C=O) groups excluding carboxylic acids is 1. The van der Waals surface area contributed by atoms with Gasteiger partial charge in [0, 0.05) is 6.42 Å². The molecule has 0 aromatic carbocycles. The predicted octanol–water partition coefficient (Wildman–Crippen LogP) is 8.33. The molecule has 0 fully saturated rings. The average Bonchev–Trinajstić information content (AvgIpc) is 2.88. The molecule has 0 saturated carbocycles. The van der Waals surface area contributed by atoms with Crippen LogP contribution in [0.25, 0.3) is 0 Å². The molecule has 4 nitrogen and oxygen atoms in total. The van der Waals surface area contributed by atoms with Crippen LogP contribution in [0.4, 0.5) is 0 Å². The van der Waals surface area contributed by atoms with E-state index in [2.05, 4.69) is 43.5 Å².